The van der Waals surface area contributed by atoms with Crippen molar-refractivity contribution in [2.75, 3.05) is 18.0 Å². The average molecular weight is 415 g/mol. The van der Waals surface area contributed by atoms with Crippen molar-refractivity contribution in [1.82, 2.24) is 39.8 Å². The van der Waals surface area contributed by atoms with Crippen molar-refractivity contribution in [2.45, 2.75) is 24.9 Å². The highest BCUT2D eigenvalue weighted by Crippen LogP contribution is 2.31. The first-order valence-corrected chi connectivity index (χ1v) is 9.37. The van der Waals surface area contributed by atoms with Crippen LogP contribution in [0.4, 0.5) is 19.0 Å². The molecule has 0 N–H and O–H groups in total. The number of anilines is 1. The molecule has 30 heavy (non-hydrogen) atoms. The van der Waals surface area contributed by atoms with E-state index in [4.69, 9.17) is 0 Å². The Morgan fingerprint density at radius 1 is 0.900 bits per heavy atom. The number of piperidine rings is 1. The second-order valence-electron chi connectivity index (χ2n) is 7.01. The zero-order valence-electron chi connectivity index (χ0n) is 15.6. The van der Waals surface area contributed by atoms with Crippen molar-refractivity contribution in [3.8, 4) is 5.82 Å². The summed E-state index contributed by atoms with van der Waals surface area (Å²) in [6.07, 6.45) is 0.490. The highest BCUT2D eigenvalue weighted by atomic mass is 19.4. The molecule has 4 aromatic rings. The zero-order valence-corrected chi connectivity index (χ0v) is 15.6. The average Bonchev–Trinajstić information content (AvgIpc) is 3.43. The first-order valence-electron chi connectivity index (χ1n) is 9.37. The third kappa shape index (κ3) is 3.33. The van der Waals surface area contributed by atoms with Gasteiger partial charge in [-0.2, -0.15) is 22.8 Å². The molecular weight excluding hydrogens is 399 g/mol. The molecule has 154 valence electrons. The van der Waals surface area contributed by atoms with E-state index < -0.39 is 11.9 Å². The number of aromatic nitrogens is 8. The molecule has 12 heteroatoms. The van der Waals surface area contributed by atoms with E-state index >= 15 is 0 Å². The molecule has 5 rings (SSSR count). The lowest BCUT2D eigenvalue weighted by Crippen LogP contribution is -2.34. The van der Waals surface area contributed by atoms with Crippen molar-refractivity contribution in [2.24, 2.45) is 0 Å². The molecule has 0 unspecified atom stereocenters. The van der Waals surface area contributed by atoms with Gasteiger partial charge in [-0.1, -0.05) is 0 Å². The van der Waals surface area contributed by atoms with Gasteiger partial charge in [-0.25, -0.2) is 4.68 Å². The molecule has 0 atom stereocenters. The number of nitrogens with zero attached hydrogens (tertiary/aromatic N) is 9. The maximum absolute atomic E-state index is 12.7. The maximum Gasteiger partial charge on any atom is 0.435 e. The fourth-order valence-corrected chi connectivity index (χ4v) is 3.59. The second-order valence-corrected chi connectivity index (χ2v) is 7.01. The van der Waals surface area contributed by atoms with Crippen molar-refractivity contribution in [3.63, 3.8) is 0 Å². The van der Waals surface area contributed by atoms with Gasteiger partial charge in [-0.05, 0) is 43.2 Å². The van der Waals surface area contributed by atoms with Crippen LogP contribution in [0.25, 0.3) is 11.5 Å². The Labute approximate surface area is 168 Å². The predicted molar refractivity (Wildman–Crippen MR) is 99.1 cm³/mol. The van der Waals surface area contributed by atoms with E-state index in [0.717, 1.165) is 24.7 Å². The van der Waals surface area contributed by atoms with Crippen molar-refractivity contribution < 1.29 is 13.2 Å². The summed E-state index contributed by atoms with van der Waals surface area (Å²) in [6.45, 7) is 1.25. The summed E-state index contributed by atoms with van der Waals surface area (Å²) < 4.78 is 41.4. The van der Waals surface area contributed by atoms with Gasteiger partial charge in [0.25, 0.3) is 0 Å². The van der Waals surface area contributed by atoms with Crippen LogP contribution >= 0.6 is 0 Å². The molecule has 0 bridgehead atoms. The van der Waals surface area contributed by atoms with E-state index in [1.54, 1.807) is 15.4 Å². The second kappa shape index (κ2) is 7.04. The Kier molecular flexibility index (Phi) is 4.33. The van der Waals surface area contributed by atoms with Gasteiger partial charge in [0.2, 0.25) is 0 Å². The summed E-state index contributed by atoms with van der Waals surface area (Å²) in [6, 6.07) is 7.81. The Morgan fingerprint density at radius 2 is 1.70 bits per heavy atom. The van der Waals surface area contributed by atoms with Gasteiger partial charge in [0.15, 0.2) is 28.8 Å². The molecule has 0 saturated carbocycles. The molecule has 0 radical (unpaired) electrons. The van der Waals surface area contributed by atoms with Crippen LogP contribution in [0.3, 0.4) is 0 Å². The molecule has 0 aliphatic carbocycles. The molecule has 1 aliphatic heterocycles. The number of rotatable bonds is 3. The molecule has 1 fully saturated rings. The minimum Gasteiger partial charge on any atom is -0.355 e. The van der Waals surface area contributed by atoms with Gasteiger partial charge in [0.05, 0.1) is 0 Å². The monoisotopic (exact) mass is 415 g/mol. The molecule has 1 saturated heterocycles. The Balaban J connectivity index is 1.33. The van der Waals surface area contributed by atoms with Crippen LogP contribution in [-0.2, 0) is 6.18 Å². The summed E-state index contributed by atoms with van der Waals surface area (Å²) >= 11 is 0. The lowest BCUT2D eigenvalue weighted by Gasteiger charge is -2.31. The first kappa shape index (κ1) is 18.5. The van der Waals surface area contributed by atoms with Crippen LogP contribution in [0.15, 0.2) is 42.7 Å². The normalized spacial score (nSPS) is 15.8. The molecule has 0 spiro atoms. The molecule has 1 aliphatic rings. The molecule has 4 aromatic heterocycles. The quantitative estimate of drug-likeness (QED) is 0.508. The van der Waals surface area contributed by atoms with Gasteiger partial charge < -0.3 is 4.90 Å². The molecule has 9 nitrogen and oxygen atoms in total. The van der Waals surface area contributed by atoms with Crippen LogP contribution in [0, 0.1) is 0 Å². The van der Waals surface area contributed by atoms with Crippen LogP contribution in [0.2, 0.25) is 0 Å². The summed E-state index contributed by atoms with van der Waals surface area (Å²) in [4.78, 5) is 1.93. The molecule has 0 amide bonds. The van der Waals surface area contributed by atoms with E-state index in [2.05, 4.69) is 30.6 Å². The topological polar surface area (TPSA) is 89.9 Å². The molecular formula is C18H16F3N9. The highest BCUT2D eigenvalue weighted by Gasteiger charge is 2.33. The number of hydrogen-bond donors (Lipinski definition) is 0. The fourth-order valence-electron chi connectivity index (χ4n) is 3.59. The van der Waals surface area contributed by atoms with Gasteiger partial charge in [0, 0.05) is 31.4 Å². The third-order valence-corrected chi connectivity index (χ3v) is 5.14. The Bertz CT molecular complexity index is 1140. The van der Waals surface area contributed by atoms with Crippen LogP contribution in [0.5, 0.6) is 0 Å². The maximum atomic E-state index is 12.7. The Morgan fingerprint density at radius 3 is 2.37 bits per heavy atom. The SMILES string of the molecule is FC(F)(F)c1ccc(N2CCC(c3nnc4ccc(-n5cccn5)nn34)CC2)nn1. The largest absolute Gasteiger partial charge is 0.435 e. The van der Waals surface area contributed by atoms with Crippen molar-refractivity contribution in [3.05, 3.63) is 54.2 Å². The van der Waals surface area contributed by atoms with E-state index in [-0.39, 0.29) is 5.92 Å². The minimum absolute atomic E-state index is 0.124. The first-order chi connectivity index (χ1) is 14.5. The van der Waals surface area contributed by atoms with Crippen molar-refractivity contribution >= 4 is 11.5 Å². The fraction of sp³-hybridized carbons (Fsp3) is 0.333. The lowest BCUT2D eigenvalue weighted by molar-refractivity contribution is -0.141. The van der Waals surface area contributed by atoms with Crippen molar-refractivity contribution in [1.29, 1.82) is 0 Å². The summed E-state index contributed by atoms with van der Waals surface area (Å²) in [5.41, 5.74) is -0.341. The van der Waals surface area contributed by atoms with Gasteiger partial charge in [-0.3, -0.25) is 0 Å². The summed E-state index contributed by atoms with van der Waals surface area (Å²) in [5.74, 6) is 1.98. The lowest BCUT2D eigenvalue weighted by atomic mass is 9.96. The van der Waals surface area contributed by atoms with Crippen LogP contribution < -0.4 is 4.90 Å². The highest BCUT2D eigenvalue weighted by molar-refractivity contribution is 5.41. The van der Waals surface area contributed by atoms with E-state index in [0.29, 0.717) is 30.4 Å². The number of fused-ring (bicyclic) bond motifs is 1. The predicted octanol–water partition coefficient (Wildman–Crippen LogP) is 2.50. The van der Waals surface area contributed by atoms with Gasteiger partial charge in [0.1, 0.15) is 0 Å². The standard InChI is InChI=1S/C18H16F3N9/c19-18(20,21)13-2-3-14(24-23-13)28-10-6-12(7-11-28)17-26-25-15-4-5-16(27-30(15)17)29-9-1-8-22-29/h1-5,8-9,12H,6-7,10-11H2. The number of hydrogen-bond acceptors (Lipinski definition) is 7. The smallest absolute Gasteiger partial charge is 0.355 e. The number of halogens is 3. The third-order valence-electron chi connectivity index (χ3n) is 5.14. The molecule has 0 aromatic carbocycles. The Hall–Kier alpha value is -3.57. The van der Waals surface area contributed by atoms with Gasteiger partial charge >= 0.3 is 6.18 Å². The van der Waals surface area contributed by atoms with E-state index in [1.165, 1.54) is 6.07 Å². The van der Waals surface area contributed by atoms with Crippen LogP contribution in [0.1, 0.15) is 30.3 Å². The van der Waals surface area contributed by atoms with E-state index in [1.807, 2.05) is 29.3 Å². The van der Waals surface area contributed by atoms with Gasteiger partial charge in [-0.15, -0.1) is 25.5 Å². The summed E-state index contributed by atoms with van der Waals surface area (Å²) in [7, 11) is 0. The molecule has 5 heterocycles. The minimum atomic E-state index is -4.49. The summed E-state index contributed by atoms with van der Waals surface area (Å²) in [5, 5.41) is 24.4. The van der Waals surface area contributed by atoms with E-state index in [9.17, 15) is 13.2 Å². The van der Waals surface area contributed by atoms with Crippen LogP contribution in [-0.4, -0.2) is 52.9 Å². The zero-order chi connectivity index (χ0) is 20.7. The number of alkyl halides is 3.